The number of aromatic nitrogens is 2. The van der Waals surface area contributed by atoms with Crippen molar-refractivity contribution < 1.29 is 9.26 Å². The van der Waals surface area contributed by atoms with Gasteiger partial charge in [-0.3, -0.25) is 0 Å². The van der Waals surface area contributed by atoms with Gasteiger partial charge in [0.1, 0.15) is 5.75 Å². The van der Waals surface area contributed by atoms with Crippen molar-refractivity contribution in [2.24, 2.45) is 0 Å². The first-order chi connectivity index (χ1) is 10.3. The minimum absolute atomic E-state index is 0.584. The highest BCUT2D eigenvalue weighted by atomic mass is 32.1. The van der Waals surface area contributed by atoms with Crippen molar-refractivity contribution in [3.05, 3.63) is 47.7 Å². The highest BCUT2D eigenvalue weighted by Gasteiger charge is 2.09. The number of anilines is 1. The molecule has 0 aliphatic heterocycles. The third-order valence-corrected chi connectivity index (χ3v) is 3.74. The van der Waals surface area contributed by atoms with E-state index in [1.54, 1.807) is 11.3 Å². The molecule has 0 atom stereocenters. The van der Waals surface area contributed by atoms with Crippen LogP contribution in [0.15, 0.2) is 46.3 Å². The van der Waals surface area contributed by atoms with E-state index >= 15 is 0 Å². The summed E-state index contributed by atoms with van der Waals surface area (Å²) in [6, 6.07) is 11.3. The Morgan fingerprint density at radius 3 is 3.00 bits per heavy atom. The number of nitrogens with two attached hydrogens (primary N) is 1. The van der Waals surface area contributed by atoms with Gasteiger partial charge < -0.3 is 15.0 Å². The number of aryl methyl sites for hydroxylation is 1. The van der Waals surface area contributed by atoms with Crippen molar-refractivity contribution in [2.45, 2.75) is 12.8 Å². The van der Waals surface area contributed by atoms with Gasteiger partial charge in [-0.2, -0.15) is 4.98 Å². The Morgan fingerprint density at radius 1 is 1.24 bits per heavy atom. The van der Waals surface area contributed by atoms with E-state index < -0.39 is 0 Å². The van der Waals surface area contributed by atoms with Gasteiger partial charge in [-0.25, -0.2) is 0 Å². The number of thiophene rings is 1. The third kappa shape index (κ3) is 3.61. The summed E-state index contributed by atoms with van der Waals surface area (Å²) in [6.45, 7) is 0.584. The van der Waals surface area contributed by atoms with Gasteiger partial charge in [0, 0.05) is 18.2 Å². The van der Waals surface area contributed by atoms with E-state index in [2.05, 4.69) is 10.1 Å². The van der Waals surface area contributed by atoms with Crippen molar-refractivity contribution in [2.75, 3.05) is 12.3 Å². The lowest BCUT2D eigenvalue weighted by atomic mass is 10.3. The van der Waals surface area contributed by atoms with Crippen LogP contribution in [0.5, 0.6) is 5.75 Å². The number of rotatable bonds is 6. The number of benzene rings is 1. The van der Waals surface area contributed by atoms with Gasteiger partial charge in [0.05, 0.1) is 11.5 Å². The summed E-state index contributed by atoms with van der Waals surface area (Å²) < 4.78 is 10.8. The quantitative estimate of drug-likeness (QED) is 0.558. The van der Waals surface area contributed by atoms with Crippen LogP contribution in [0.4, 0.5) is 5.69 Å². The van der Waals surface area contributed by atoms with E-state index in [9.17, 15) is 0 Å². The summed E-state index contributed by atoms with van der Waals surface area (Å²) >= 11 is 1.59. The zero-order valence-electron chi connectivity index (χ0n) is 11.4. The molecule has 0 aliphatic rings. The monoisotopic (exact) mass is 301 g/mol. The second-order valence-electron chi connectivity index (χ2n) is 4.51. The molecule has 108 valence electrons. The zero-order chi connectivity index (χ0) is 14.5. The molecule has 0 radical (unpaired) electrons. The molecule has 0 saturated heterocycles. The molecule has 6 heteroatoms. The molecule has 2 N–H and O–H groups in total. The number of ether oxygens (including phenoxy) is 1. The Kier molecular flexibility index (Phi) is 4.16. The largest absolute Gasteiger partial charge is 0.494 e. The lowest BCUT2D eigenvalue weighted by Crippen LogP contribution is -2.00. The Morgan fingerprint density at radius 2 is 2.19 bits per heavy atom. The molecule has 0 aliphatic carbocycles. The van der Waals surface area contributed by atoms with Gasteiger partial charge in [-0.05, 0) is 30.0 Å². The van der Waals surface area contributed by atoms with Crippen molar-refractivity contribution in [1.29, 1.82) is 0 Å². The lowest BCUT2D eigenvalue weighted by molar-refractivity contribution is 0.298. The second-order valence-corrected chi connectivity index (χ2v) is 5.46. The second kappa shape index (κ2) is 6.41. The van der Waals surface area contributed by atoms with Crippen LogP contribution in [0.25, 0.3) is 10.7 Å². The van der Waals surface area contributed by atoms with Crippen LogP contribution in [0.1, 0.15) is 12.3 Å². The first-order valence-electron chi connectivity index (χ1n) is 6.66. The van der Waals surface area contributed by atoms with E-state index in [0.29, 0.717) is 30.4 Å². The van der Waals surface area contributed by atoms with Crippen molar-refractivity contribution in [1.82, 2.24) is 10.1 Å². The molecule has 0 amide bonds. The minimum atomic E-state index is 0.584. The van der Waals surface area contributed by atoms with E-state index in [4.69, 9.17) is 15.0 Å². The maximum absolute atomic E-state index is 5.69. The predicted octanol–water partition coefficient (Wildman–Crippen LogP) is 3.39. The highest BCUT2D eigenvalue weighted by molar-refractivity contribution is 7.13. The summed E-state index contributed by atoms with van der Waals surface area (Å²) in [6.07, 6.45) is 1.50. The first kappa shape index (κ1) is 13.6. The SMILES string of the molecule is Nc1cccc(OCCCc2nc(-c3cccs3)no2)c1. The Bertz CT molecular complexity index is 695. The van der Waals surface area contributed by atoms with Crippen molar-refractivity contribution >= 4 is 17.0 Å². The lowest BCUT2D eigenvalue weighted by Gasteiger charge is -2.05. The molecule has 0 fully saturated rings. The van der Waals surface area contributed by atoms with E-state index in [1.165, 1.54) is 0 Å². The predicted molar refractivity (Wildman–Crippen MR) is 82.3 cm³/mol. The summed E-state index contributed by atoms with van der Waals surface area (Å²) in [7, 11) is 0. The number of hydrogen-bond donors (Lipinski definition) is 1. The van der Waals surface area contributed by atoms with Gasteiger partial charge in [-0.1, -0.05) is 17.3 Å². The Balaban J connectivity index is 1.48. The average molecular weight is 301 g/mol. The fourth-order valence-corrected chi connectivity index (χ4v) is 2.53. The van der Waals surface area contributed by atoms with Gasteiger partial charge in [0.2, 0.25) is 11.7 Å². The van der Waals surface area contributed by atoms with E-state index in [1.807, 2.05) is 41.8 Å². The molecule has 0 spiro atoms. The van der Waals surface area contributed by atoms with Crippen LogP contribution in [0, 0.1) is 0 Å². The van der Waals surface area contributed by atoms with Crippen LogP contribution >= 0.6 is 11.3 Å². The maximum Gasteiger partial charge on any atom is 0.227 e. The summed E-state index contributed by atoms with van der Waals surface area (Å²) in [4.78, 5) is 5.38. The molecule has 3 rings (SSSR count). The molecule has 2 heterocycles. The molecule has 0 unspecified atom stereocenters. The van der Waals surface area contributed by atoms with Crippen molar-refractivity contribution in [3.63, 3.8) is 0 Å². The summed E-state index contributed by atoms with van der Waals surface area (Å²) in [5, 5.41) is 5.96. The fourth-order valence-electron chi connectivity index (χ4n) is 1.88. The van der Waals surface area contributed by atoms with Crippen LogP contribution in [-0.2, 0) is 6.42 Å². The topological polar surface area (TPSA) is 74.2 Å². The number of hydrogen-bond acceptors (Lipinski definition) is 6. The molecule has 21 heavy (non-hydrogen) atoms. The molecule has 5 nitrogen and oxygen atoms in total. The van der Waals surface area contributed by atoms with Gasteiger partial charge in [0.15, 0.2) is 0 Å². The Hall–Kier alpha value is -2.34. The normalized spacial score (nSPS) is 10.7. The third-order valence-electron chi connectivity index (χ3n) is 2.87. The van der Waals surface area contributed by atoms with E-state index in [0.717, 1.165) is 17.0 Å². The van der Waals surface area contributed by atoms with Crippen LogP contribution < -0.4 is 10.5 Å². The molecular weight excluding hydrogens is 286 g/mol. The van der Waals surface area contributed by atoms with Crippen LogP contribution in [-0.4, -0.2) is 16.7 Å². The van der Waals surface area contributed by atoms with E-state index in [-0.39, 0.29) is 0 Å². The maximum atomic E-state index is 5.69. The number of nitrogens with zero attached hydrogens (tertiary/aromatic N) is 2. The molecular formula is C15H15N3O2S. The Labute approximate surface area is 126 Å². The fraction of sp³-hybridized carbons (Fsp3) is 0.200. The molecule has 0 saturated carbocycles. The van der Waals surface area contributed by atoms with Crippen LogP contribution in [0.2, 0.25) is 0 Å². The highest BCUT2D eigenvalue weighted by Crippen LogP contribution is 2.21. The zero-order valence-corrected chi connectivity index (χ0v) is 12.2. The first-order valence-corrected chi connectivity index (χ1v) is 7.54. The molecule has 0 bridgehead atoms. The molecule has 3 aromatic rings. The minimum Gasteiger partial charge on any atom is -0.494 e. The van der Waals surface area contributed by atoms with Gasteiger partial charge in [-0.15, -0.1) is 11.3 Å². The molecule has 2 aromatic heterocycles. The summed E-state index contributed by atoms with van der Waals surface area (Å²) in [5.74, 6) is 2.06. The van der Waals surface area contributed by atoms with Gasteiger partial charge >= 0.3 is 0 Å². The molecule has 1 aromatic carbocycles. The van der Waals surface area contributed by atoms with Crippen molar-refractivity contribution in [3.8, 4) is 16.5 Å². The average Bonchev–Trinajstić information content (AvgIpc) is 3.14. The van der Waals surface area contributed by atoms with Crippen LogP contribution in [0.3, 0.4) is 0 Å². The number of nitrogen functional groups attached to an aromatic ring is 1. The van der Waals surface area contributed by atoms with Gasteiger partial charge in [0.25, 0.3) is 0 Å². The summed E-state index contributed by atoms with van der Waals surface area (Å²) in [5.41, 5.74) is 6.39. The smallest absolute Gasteiger partial charge is 0.227 e. The standard InChI is InChI=1S/C15H15N3O2S/c16-11-4-1-5-12(10-11)19-8-2-7-14-17-15(18-20-14)13-6-3-9-21-13/h1,3-6,9-10H,2,7-8,16H2.